The number of hydrogen-bond acceptors (Lipinski definition) is 5. The molecule has 0 aliphatic rings. The Bertz CT molecular complexity index is 596. The molecule has 0 saturated carbocycles. The van der Waals surface area contributed by atoms with E-state index < -0.39 is 0 Å². The molecule has 114 valence electrons. The Labute approximate surface area is 129 Å². The van der Waals surface area contributed by atoms with Crippen molar-refractivity contribution in [1.29, 1.82) is 0 Å². The van der Waals surface area contributed by atoms with Crippen LogP contribution in [0.5, 0.6) is 5.75 Å². The van der Waals surface area contributed by atoms with Crippen LogP contribution in [0.3, 0.4) is 0 Å². The average Bonchev–Trinajstić information content (AvgIpc) is 2.88. The fourth-order valence-corrected chi connectivity index (χ4v) is 2.14. The molecule has 1 atom stereocenters. The molecule has 1 aromatic carbocycles. The van der Waals surface area contributed by atoms with E-state index in [2.05, 4.69) is 10.1 Å². The highest BCUT2D eigenvalue weighted by Gasteiger charge is 2.13. The van der Waals surface area contributed by atoms with Crippen LogP contribution in [0.25, 0.3) is 0 Å². The molecule has 0 spiro atoms. The van der Waals surface area contributed by atoms with Crippen molar-refractivity contribution >= 4 is 11.6 Å². The zero-order valence-corrected chi connectivity index (χ0v) is 13.2. The normalized spacial score (nSPS) is 12.7. The topological polar surface area (TPSA) is 74.2 Å². The van der Waals surface area contributed by atoms with Gasteiger partial charge < -0.3 is 15.0 Å². The number of nitrogens with two attached hydrogens (primary N) is 1. The summed E-state index contributed by atoms with van der Waals surface area (Å²) >= 11 is 6.22. The van der Waals surface area contributed by atoms with Gasteiger partial charge in [0.15, 0.2) is 6.61 Å². The number of aromatic nitrogens is 2. The molecule has 0 bridgehead atoms. The predicted molar refractivity (Wildman–Crippen MR) is 81.5 cm³/mol. The van der Waals surface area contributed by atoms with Gasteiger partial charge in [-0.3, -0.25) is 0 Å². The third-order valence-electron chi connectivity index (χ3n) is 2.94. The molecule has 1 heterocycles. The van der Waals surface area contributed by atoms with Crippen molar-refractivity contribution in [3.05, 3.63) is 40.5 Å². The molecule has 6 heteroatoms. The molecule has 1 aromatic heterocycles. The maximum absolute atomic E-state index is 6.22. The van der Waals surface area contributed by atoms with Gasteiger partial charge in [-0.2, -0.15) is 4.98 Å². The molecule has 0 aliphatic carbocycles. The van der Waals surface area contributed by atoms with Gasteiger partial charge in [0.1, 0.15) is 5.75 Å². The highest BCUT2D eigenvalue weighted by atomic mass is 35.5. The molecule has 2 aromatic rings. The van der Waals surface area contributed by atoms with Crippen molar-refractivity contribution in [1.82, 2.24) is 10.1 Å². The van der Waals surface area contributed by atoms with E-state index in [1.165, 1.54) is 0 Å². The molecule has 0 fully saturated rings. The van der Waals surface area contributed by atoms with Crippen molar-refractivity contribution in [3.63, 3.8) is 0 Å². The van der Waals surface area contributed by atoms with Crippen LogP contribution in [0, 0.1) is 0 Å². The summed E-state index contributed by atoms with van der Waals surface area (Å²) in [5.74, 6) is 2.03. The summed E-state index contributed by atoms with van der Waals surface area (Å²) < 4.78 is 10.9. The smallest absolute Gasteiger partial charge is 0.229 e. The van der Waals surface area contributed by atoms with E-state index in [1.54, 1.807) is 0 Å². The summed E-state index contributed by atoms with van der Waals surface area (Å²) in [7, 11) is 0. The van der Waals surface area contributed by atoms with E-state index >= 15 is 0 Å². The Balaban J connectivity index is 2.10. The van der Waals surface area contributed by atoms with Gasteiger partial charge in [0.05, 0.1) is 0 Å². The van der Waals surface area contributed by atoms with Crippen LogP contribution in [0.2, 0.25) is 5.02 Å². The Hall–Kier alpha value is -1.59. The van der Waals surface area contributed by atoms with Gasteiger partial charge in [0.2, 0.25) is 11.7 Å². The molecule has 0 saturated heterocycles. The quantitative estimate of drug-likeness (QED) is 0.886. The molecule has 0 amide bonds. The fraction of sp³-hybridized carbons (Fsp3) is 0.467. The maximum Gasteiger partial charge on any atom is 0.229 e. The average molecular weight is 310 g/mol. The van der Waals surface area contributed by atoms with Crippen LogP contribution in [0.15, 0.2) is 22.7 Å². The summed E-state index contributed by atoms with van der Waals surface area (Å²) in [5, 5.41) is 4.55. The van der Waals surface area contributed by atoms with Crippen LogP contribution in [0.4, 0.5) is 0 Å². The Morgan fingerprint density at radius 1 is 1.33 bits per heavy atom. The largest absolute Gasteiger partial charge is 0.485 e. The lowest BCUT2D eigenvalue weighted by Gasteiger charge is -2.13. The lowest BCUT2D eigenvalue weighted by molar-refractivity contribution is 0.281. The first-order chi connectivity index (χ1) is 9.97. The van der Waals surface area contributed by atoms with E-state index in [9.17, 15) is 0 Å². The third-order valence-corrected chi connectivity index (χ3v) is 3.29. The summed E-state index contributed by atoms with van der Waals surface area (Å²) in [6.07, 6.45) is 0.651. The molecule has 21 heavy (non-hydrogen) atoms. The second-order valence-corrected chi connectivity index (χ2v) is 5.80. The highest BCUT2D eigenvalue weighted by molar-refractivity contribution is 6.31. The van der Waals surface area contributed by atoms with E-state index in [4.69, 9.17) is 26.6 Å². The zero-order chi connectivity index (χ0) is 15.4. The van der Waals surface area contributed by atoms with Gasteiger partial charge >= 0.3 is 0 Å². The van der Waals surface area contributed by atoms with Gasteiger partial charge in [-0.25, -0.2) is 0 Å². The number of rotatable bonds is 6. The standard InChI is InChI=1S/C15H20ClN3O2/c1-9(2)15-18-14(19-21-15)8-20-13-6-4-5-12(16)11(13)7-10(3)17/h4-6,9-10H,7-8,17H2,1-3H3. The number of benzene rings is 1. The molecule has 2 N–H and O–H groups in total. The number of halogens is 1. The summed E-state index contributed by atoms with van der Waals surface area (Å²) in [4.78, 5) is 4.28. The number of ether oxygens (including phenoxy) is 1. The second-order valence-electron chi connectivity index (χ2n) is 5.39. The van der Waals surface area contributed by atoms with Crippen LogP contribution in [-0.4, -0.2) is 16.2 Å². The van der Waals surface area contributed by atoms with Crippen molar-refractivity contribution in [2.75, 3.05) is 0 Å². The highest BCUT2D eigenvalue weighted by Crippen LogP contribution is 2.28. The van der Waals surface area contributed by atoms with Crippen LogP contribution in [0.1, 0.15) is 44.0 Å². The van der Waals surface area contributed by atoms with Gasteiger partial charge in [0, 0.05) is 22.5 Å². The lowest BCUT2D eigenvalue weighted by Crippen LogP contribution is -2.18. The van der Waals surface area contributed by atoms with Crippen LogP contribution < -0.4 is 10.5 Å². The van der Waals surface area contributed by atoms with Crippen LogP contribution >= 0.6 is 11.6 Å². The molecule has 0 radical (unpaired) electrons. The minimum Gasteiger partial charge on any atom is -0.485 e. The monoisotopic (exact) mass is 309 g/mol. The van der Waals surface area contributed by atoms with Gasteiger partial charge in [-0.1, -0.05) is 36.7 Å². The number of hydrogen-bond donors (Lipinski definition) is 1. The minimum atomic E-state index is 0.00460. The van der Waals surface area contributed by atoms with Gasteiger partial charge in [-0.15, -0.1) is 0 Å². The molecular formula is C15H20ClN3O2. The first kappa shape index (κ1) is 15.8. The van der Waals surface area contributed by atoms with E-state index in [1.807, 2.05) is 39.0 Å². The van der Waals surface area contributed by atoms with Gasteiger partial charge in [0.25, 0.3) is 0 Å². The Morgan fingerprint density at radius 2 is 2.10 bits per heavy atom. The summed E-state index contributed by atoms with van der Waals surface area (Å²) in [6, 6.07) is 5.55. The summed E-state index contributed by atoms with van der Waals surface area (Å²) in [6.45, 7) is 6.16. The van der Waals surface area contributed by atoms with E-state index in [0.29, 0.717) is 28.9 Å². The third kappa shape index (κ3) is 4.19. The van der Waals surface area contributed by atoms with Crippen molar-refractivity contribution in [2.24, 2.45) is 5.73 Å². The molecule has 2 rings (SSSR count). The molecule has 5 nitrogen and oxygen atoms in total. The Kier molecular flexibility index (Phi) is 5.20. The van der Waals surface area contributed by atoms with Crippen molar-refractivity contribution < 1.29 is 9.26 Å². The zero-order valence-electron chi connectivity index (χ0n) is 12.5. The first-order valence-electron chi connectivity index (χ1n) is 6.95. The Morgan fingerprint density at radius 3 is 2.71 bits per heavy atom. The lowest BCUT2D eigenvalue weighted by atomic mass is 10.1. The predicted octanol–water partition coefficient (Wildman–Crippen LogP) is 3.32. The molecule has 1 unspecified atom stereocenters. The maximum atomic E-state index is 6.22. The van der Waals surface area contributed by atoms with E-state index in [0.717, 1.165) is 5.56 Å². The van der Waals surface area contributed by atoms with E-state index in [-0.39, 0.29) is 18.6 Å². The van der Waals surface area contributed by atoms with Crippen molar-refractivity contribution in [2.45, 2.75) is 45.8 Å². The van der Waals surface area contributed by atoms with Gasteiger partial charge in [-0.05, 0) is 25.5 Å². The minimum absolute atomic E-state index is 0.00460. The summed E-state index contributed by atoms with van der Waals surface area (Å²) in [5.41, 5.74) is 6.76. The second kappa shape index (κ2) is 6.91. The number of nitrogens with zero attached hydrogens (tertiary/aromatic N) is 2. The first-order valence-corrected chi connectivity index (χ1v) is 7.33. The fourth-order valence-electron chi connectivity index (χ4n) is 1.90. The molecule has 0 aliphatic heterocycles. The van der Waals surface area contributed by atoms with Crippen LogP contribution in [-0.2, 0) is 13.0 Å². The SMILES string of the molecule is CC(N)Cc1c(Cl)cccc1OCc1noc(C(C)C)n1. The molecular weight excluding hydrogens is 290 g/mol. The van der Waals surface area contributed by atoms with Crippen molar-refractivity contribution in [3.8, 4) is 5.75 Å².